The minimum Gasteiger partial charge on any atom is -0.396 e. The summed E-state index contributed by atoms with van der Waals surface area (Å²) in [7, 11) is 0. The van der Waals surface area contributed by atoms with Crippen molar-refractivity contribution in [1.29, 1.82) is 0 Å². The fraction of sp³-hybridized carbons (Fsp3) is 0.222. The van der Waals surface area contributed by atoms with Gasteiger partial charge in [0.05, 0.1) is 10.6 Å². The van der Waals surface area contributed by atoms with Gasteiger partial charge in [0, 0.05) is 18.1 Å². The van der Waals surface area contributed by atoms with Crippen LogP contribution >= 0.6 is 22.9 Å². The lowest BCUT2D eigenvalue weighted by Crippen LogP contribution is -2.20. The van der Waals surface area contributed by atoms with Crippen molar-refractivity contribution >= 4 is 34.6 Å². The normalized spacial score (nSPS) is 16.2. The highest BCUT2D eigenvalue weighted by atomic mass is 35.5. The summed E-state index contributed by atoms with van der Waals surface area (Å²) >= 11 is 7.87. The van der Waals surface area contributed by atoms with Crippen molar-refractivity contribution in [2.75, 3.05) is 11.9 Å². The van der Waals surface area contributed by atoms with Crippen LogP contribution in [0.5, 0.6) is 0 Å². The van der Waals surface area contributed by atoms with Crippen LogP contribution < -0.4 is 5.32 Å². The number of anilines is 1. The molecule has 1 atom stereocenters. The van der Waals surface area contributed by atoms with Gasteiger partial charge in [0.25, 0.3) is 0 Å². The molecule has 1 aliphatic heterocycles. The smallest absolute Gasteiger partial charge is 0.226 e. The molecule has 0 saturated heterocycles. The van der Waals surface area contributed by atoms with Crippen LogP contribution in [-0.4, -0.2) is 26.5 Å². The summed E-state index contributed by atoms with van der Waals surface area (Å²) in [5, 5.41) is 19.8. The van der Waals surface area contributed by atoms with Crippen molar-refractivity contribution in [3.63, 3.8) is 0 Å². The topological polar surface area (TPSA) is 63.0 Å². The van der Waals surface area contributed by atoms with Crippen LogP contribution in [0.15, 0.2) is 47.9 Å². The zero-order valence-corrected chi connectivity index (χ0v) is 15.0. The maximum absolute atomic E-state index is 9.06. The van der Waals surface area contributed by atoms with Gasteiger partial charge in [0.15, 0.2) is 5.82 Å². The molecule has 0 spiro atoms. The van der Waals surface area contributed by atoms with E-state index in [1.54, 1.807) is 11.3 Å². The fourth-order valence-corrected chi connectivity index (χ4v) is 3.79. The Hall–Kier alpha value is -2.15. The highest BCUT2D eigenvalue weighted by Gasteiger charge is 2.25. The minimum atomic E-state index is -0.0811. The van der Waals surface area contributed by atoms with Gasteiger partial charge in [-0.3, -0.25) is 0 Å². The molecule has 5 nitrogen and oxygen atoms in total. The summed E-state index contributed by atoms with van der Waals surface area (Å²) in [5.74, 6) is 1.44. The van der Waals surface area contributed by atoms with E-state index >= 15 is 0 Å². The Kier molecular flexibility index (Phi) is 4.57. The molecule has 0 aliphatic carbocycles. The largest absolute Gasteiger partial charge is 0.396 e. The van der Waals surface area contributed by atoms with E-state index in [2.05, 4.69) is 32.9 Å². The molecule has 2 N–H and O–H groups in total. The Morgan fingerprint density at radius 3 is 2.96 bits per heavy atom. The van der Waals surface area contributed by atoms with Crippen molar-refractivity contribution < 1.29 is 5.11 Å². The Morgan fingerprint density at radius 1 is 1.28 bits per heavy atom. The second-order valence-electron chi connectivity index (χ2n) is 5.81. The predicted molar refractivity (Wildman–Crippen MR) is 101 cm³/mol. The number of hydrogen-bond donors (Lipinski definition) is 2. The Bertz CT molecular complexity index is 904. The number of hydrogen-bond acceptors (Lipinski definition) is 5. The minimum absolute atomic E-state index is 0.0811. The standard InChI is InChI=1S/C18H17ClN4OS/c19-13-5-1-4-12(10-13)15-11-14(16-6-3-9-25-16)20-18-21-17(7-2-8-24)22-23(15)18/h1,3-6,9-11,15,24H,2,7-8H2,(H,20,21,22). The van der Waals surface area contributed by atoms with E-state index in [1.165, 1.54) is 0 Å². The van der Waals surface area contributed by atoms with Gasteiger partial charge in [-0.05, 0) is 41.6 Å². The molecule has 0 radical (unpaired) electrons. The Labute approximate surface area is 154 Å². The summed E-state index contributed by atoms with van der Waals surface area (Å²) < 4.78 is 1.88. The average Bonchev–Trinajstić information content (AvgIpc) is 3.28. The number of allylic oxidation sites excluding steroid dienone is 1. The zero-order valence-electron chi connectivity index (χ0n) is 13.4. The average molecular weight is 373 g/mol. The molecule has 0 bridgehead atoms. The predicted octanol–water partition coefficient (Wildman–Crippen LogP) is 3.97. The van der Waals surface area contributed by atoms with E-state index < -0.39 is 0 Å². The first-order valence-electron chi connectivity index (χ1n) is 8.09. The third kappa shape index (κ3) is 3.33. The maximum atomic E-state index is 9.06. The Balaban J connectivity index is 1.77. The highest BCUT2D eigenvalue weighted by molar-refractivity contribution is 7.11. The first kappa shape index (κ1) is 16.3. The molecule has 3 heterocycles. The summed E-state index contributed by atoms with van der Waals surface area (Å²) in [4.78, 5) is 5.76. The summed E-state index contributed by atoms with van der Waals surface area (Å²) in [6, 6.07) is 11.8. The van der Waals surface area contributed by atoms with E-state index in [0.29, 0.717) is 23.8 Å². The molecule has 25 heavy (non-hydrogen) atoms. The van der Waals surface area contributed by atoms with Crippen LogP contribution in [0.4, 0.5) is 5.95 Å². The van der Waals surface area contributed by atoms with E-state index in [1.807, 2.05) is 35.0 Å². The van der Waals surface area contributed by atoms with E-state index in [4.69, 9.17) is 16.7 Å². The molecule has 0 fully saturated rings. The van der Waals surface area contributed by atoms with E-state index in [0.717, 1.165) is 22.0 Å². The molecular formula is C18H17ClN4OS. The van der Waals surface area contributed by atoms with Crippen LogP contribution in [0.1, 0.15) is 28.7 Å². The number of aromatic nitrogens is 3. The highest BCUT2D eigenvalue weighted by Crippen LogP contribution is 2.34. The lowest BCUT2D eigenvalue weighted by molar-refractivity contribution is 0.287. The SMILES string of the molecule is OCCCc1nc2n(n1)C(c1cccc(Cl)c1)C=C(c1cccs1)N2. The summed E-state index contributed by atoms with van der Waals surface area (Å²) in [6.45, 7) is 0.133. The van der Waals surface area contributed by atoms with Gasteiger partial charge in [-0.1, -0.05) is 29.8 Å². The molecule has 1 aromatic carbocycles. The summed E-state index contributed by atoms with van der Waals surface area (Å²) in [5.41, 5.74) is 2.08. The first-order chi connectivity index (χ1) is 12.2. The molecule has 0 amide bonds. The van der Waals surface area contributed by atoms with Crippen molar-refractivity contribution in [1.82, 2.24) is 14.8 Å². The number of aliphatic hydroxyl groups excluding tert-OH is 1. The molecule has 128 valence electrons. The number of nitrogens with zero attached hydrogens (tertiary/aromatic N) is 3. The molecule has 1 unspecified atom stereocenters. The third-order valence-corrected chi connectivity index (χ3v) is 5.18. The Morgan fingerprint density at radius 2 is 2.20 bits per heavy atom. The monoisotopic (exact) mass is 372 g/mol. The van der Waals surface area contributed by atoms with E-state index in [9.17, 15) is 0 Å². The molecule has 2 aromatic heterocycles. The number of halogens is 1. The summed E-state index contributed by atoms with van der Waals surface area (Å²) in [6.07, 6.45) is 3.44. The third-order valence-electron chi connectivity index (χ3n) is 4.04. The van der Waals surface area contributed by atoms with Crippen LogP contribution in [0, 0.1) is 0 Å². The maximum Gasteiger partial charge on any atom is 0.226 e. The van der Waals surface area contributed by atoms with Crippen LogP contribution in [-0.2, 0) is 6.42 Å². The van der Waals surface area contributed by atoms with E-state index in [-0.39, 0.29) is 12.6 Å². The van der Waals surface area contributed by atoms with Gasteiger partial charge in [-0.25, -0.2) is 4.68 Å². The molecule has 7 heteroatoms. The lowest BCUT2D eigenvalue weighted by atomic mass is 10.0. The van der Waals surface area contributed by atoms with Crippen molar-refractivity contribution in [2.24, 2.45) is 0 Å². The van der Waals surface area contributed by atoms with Gasteiger partial charge in [0.1, 0.15) is 6.04 Å². The number of thiophene rings is 1. The fourth-order valence-electron chi connectivity index (χ4n) is 2.88. The number of rotatable bonds is 5. The quantitative estimate of drug-likeness (QED) is 0.711. The van der Waals surface area contributed by atoms with Gasteiger partial charge in [0.2, 0.25) is 5.95 Å². The van der Waals surface area contributed by atoms with Gasteiger partial charge in [-0.15, -0.1) is 11.3 Å². The van der Waals surface area contributed by atoms with Crippen LogP contribution in [0.25, 0.3) is 5.70 Å². The molecule has 0 saturated carbocycles. The van der Waals surface area contributed by atoms with Crippen LogP contribution in [0.2, 0.25) is 5.02 Å². The zero-order chi connectivity index (χ0) is 17.2. The molecule has 3 aromatic rings. The van der Waals surface area contributed by atoms with Gasteiger partial charge in [-0.2, -0.15) is 10.1 Å². The van der Waals surface area contributed by atoms with Crippen molar-refractivity contribution in [3.05, 3.63) is 69.1 Å². The number of aliphatic hydroxyl groups is 1. The number of aryl methyl sites for hydroxylation is 1. The second kappa shape index (κ2) is 7.00. The molecule has 1 aliphatic rings. The van der Waals surface area contributed by atoms with Gasteiger partial charge >= 0.3 is 0 Å². The van der Waals surface area contributed by atoms with Crippen molar-refractivity contribution in [3.8, 4) is 0 Å². The number of benzene rings is 1. The number of nitrogens with one attached hydrogen (secondary N) is 1. The second-order valence-corrected chi connectivity index (χ2v) is 7.19. The number of fused-ring (bicyclic) bond motifs is 1. The van der Waals surface area contributed by atoms with Gasteiger partial charge < -0.3 is 10.4 Å². The molecule has 4 rings (SSSR count). The van der Waals surface area contributed by atoms with Crippen LogP contribution in [0.3, 0.4) is 0 Å². The van der Waals surface area contributed by atoms with Crippen molar-refractivity contribution in [2.45, 2.75) is 18.9 Å². The lowest BCUT2D eigenvalue weighted by Gasteiger charge is -2.23. The molecular weight excluding hydrogens is 356 g/mol. The first-order valence-corrected chi connectivity index (χ1v) is 9.35.